The van der Waals surface area contributed by atoms with Crippen molar-refractivity contribution in [1.82, 2.24) is 15.0 Å². The summed E-state index contributed by atoms with van der Waals surface area (Å²) in [4.78, 5) is 15.1. The molecule has 0 saturated carbocycles. The molecule has 10 rings (SSSR count). The van der Waals surface area contributed by atoms with Crippen LogP contribution < -0.4 is 27.3 Å². The average molecular weight is 737 g/mol. The topological polar surface area (TPSA) is 38.7 Å². The van der Waals surface area contributed by atoms with E-state index >= 15 is 0 Å². The third-order valence-electron chi connectivity index (χ3n) is 11.2. The number of nitrogens with zero attached hydrogens (tertiary/aromatic N) is 3. The van der Waals surface area contributed by atoms with Gasteiger partial charge in [0, 0.05) is 16.7 Å². The van der Waals surface area contributed by atoms with E-state index < -0.39 is 0 Å². The van der Waals surface area contributed by atoms with Crippen molar-refractivity contribution in [3.8, 4) is 67.5 Å². The highest BCUT2D eigenvalue weighted by Gasteiger charge is 2.16. The van der Waals surface area contributed by atoms with E-state index in [0.29, 0.717) is 34.0 Å². The SMILES string of the molecule is [B]c1c([B])c([B])c(-c2ccc3cc(-c4nc(-c5ccccc5)nc(-c5cccc(-c6cccc7cc(-c8cccc9ccccc89)ccc67)c5)n4)ccc3c2)c([B])c1[B]. The summed E-state index contributed by atoms with van der Waals surface area (Å²) in [6, 6.07) is 58.7. The molecule has 262 valence electrons. The zero-order chi connectivity index (χ0) is 40.2. The fourth-order valence-electron chi connectivity index (χ4n) is 8.06. The molecule has 1 heterocycles. The third kappa shape index (κ3) is 6.55. The molecule has 0 saturated heterocycles. The van der Waals surface area contributed by atoms with Gasteiger partial charge in [-0.25, -0.2) is 15.0 Å². The summed E-state index contributed by atoms with van der Waals surface area (Å²) in [5.74, 6) is 1.72. The molecule has 0 N–H and O–H groups in total. The second-order valence-electron chi connectivity index (χ2n) is 14.7. The molecular formula is C51H28B5N3. The molecular weight excluding hydrogens is 709 g/mol. The molecule has 0 spiro atoms. The molecule has 0 aliphatic heterocycles. The number of rotatable bonds is 6. The van der Waals surface area contributed by atoms with Gasteiger partial charge in [-0.2, -0.15) is 0 Å². The van der Waals surface area contributed by atoms with E-state index in [2.05, 4.69) is 109 Å². The maximum absolute atomic E-state index is 6.40. The van der Waals surface area contributed by atoms with Crippen LogP contribution in [0.25, 0.3) is 99.9 Å². The number of hydrogen-bond donors (Lipinski definition) is 0. The van der Waals surface area contributed by atoms with Crippen LogP contribution in [0.2, 0.25) is 0 Å². The molecule has 59 heavy (non-hydrogen) atoms. The van der Waals surface area contributed by atoms with Crippen LogP contribution in [-0.4, -0.2) is 54.2 Å². The highest BCUT2D eigenvalue weighted by Crippen LogP contribution is 2.36. The predicted octanol–water partition coefficient (Wildman–Crippen LogP) is 7.30. The predicted molar refractivity (Wildman–Crippen MR) is 252 cm³/mol. The van der Waals surface area contributed by atoms with Crippen molar-refractivity contribution in [1.29, 1.82) is 0 Å². The molecule has 0 fully saturated rings. The van der Waals surface area contributed by atoms with Crippen molar-refractivity contribution in [2.75, 3.05) is 0 Å². The van der Waals surface area contributed by atoms with Crippen LogP contribution in [0, 0.1) is 0 Å². The van der Waals surface area contributed by atoms with Gasteiger partial charge in [-0.15, -0.1) is 16.4 Å². The van der Waals surface area contributed by atoms with Crippen LogP contribution >= 0.6 is 0 Å². The van der Waals surface area contributed by atoms with E-state index in [1.165, 1.54) is 32.7 Å². The number of fused-ring (bicyclic) bond motifs is 3. The molecule has 0 unspecified atom stereocenters. The second kappa shape index (κ2) is 14.8. The van der Waals surface area contributed by atoms with Gasteiger partial charge in [0.15, 0.2) is 17.5 Å². The molecule has 0 bridgehead atoms. The van der Waals surface area contributed by atoms with Gasteiger partial charge in [-0.3, -0.25) is 0 Å². The normalized spacial score (nSPS) is 11.4. The lowest BCUT2D eigenvalue weighted by Gasteiger charge is -2.21. The van der Waals surface area contributed by atoms with Crippen molar-refractivity contribution in [2.45, 2.75) is 0 Å². The summed E-state index contributed by atoms with van der Waals surface area (Å²) in [5, 5.41) is 6.75. The maximum atomic E-state index is 6.40. The highest BCUT2D eigenvalue weighted by atomic mass is 15.0. The van der Waals surface area contributed by atoms with Crippen molar-refractivity contribution in [2.24, 2.45) is 0 Å². The summed E-state index contributed by atoms with van der Waals surface area (Å²) in [5.41, 5.74) is 9.80. The van der Waals surface area contributed by atoms with Gasteiger partial charge in [0.05, 0.1) is 0 Å². The van der Waals surface area contributed by atoms with Gasteiger partial charge >= 0.3 is 0 Å². The summed E-state index contributed by atoms with van der Waals surface area (Å²) in [6.45, 7) is 0. The van der Waals surface area contributed by atoms with Gasteiger partial charge in [0.2, 0.25) is 0 Å². The van der Waals surface area contributed by atoms with E-state index in [1.54, 1.807) is 0 Å². The lowest BCUT2D eigenvalue weighted by Crippen LogP contribution is -2.55. The smallest absolute Gasteiger partial charge is 0.164 e. The Morgan fingerprint density at radius 1 is 0.271 bits per heavy atom. The average Bonchev–Trinajstić information content (AvgIpc) is 3.29. The zero-order valence-electron chi connectivity index (χ0n) is 31.9. The number of aromatic nitrogens is 3. The Morgan fingerprint density at radius 3 is 1.42 bits per heavy atom. The molecule has 8 heteroatoms. The fourth-order valence-corrected chi connectivity index (χ4v) is 8.06. The summed E-state index contributed by atoms with van der Waals surface area (Å²) in [6.07, 6.45) is 0. The van der Waals surface area contributed by atoms with Crippen LogP contribution in [0.4, 0.5) is 0 Å². The summed E-state index contributed by atoms with van der Waals surface area (Å²) >= 11 is 0. The minimum atomic E-state index is 0.188. The van der Waals surface area contributed by atoms with Crippen molar-refractivity contribution in [3.63, 3.8) is 0 Å². The lowest BCUT2D eigenvalue weighted by molar-refractivity contribution is 1.07. The Hall–Kier alpha value is -6.91. The lowest BCUT2D eigenvalue weighted by atomic mass is 9.59. The maximum Gasteiger partial charge on any atom is 0.164 e. The minimum Gasteiger partial charge on any atom is -0.208 e. The van der Waals surface area contributed by atoms with Gasteiger partial charge in [0.1, 0.15) is 39.2 Å². The van der Waals surface area contributed by atoms with Crippen molar-refractivity contribution >= 4 is 98.9 Å². The monoisotopic (exact) mass is 737 g/mol. The Balaban J connectivity index is 1.05. The molecule has 9 aromatic carbocycles. The van der Waals surface area contributed by atoms with Crippen LogP contribution in [0.5, 0.6) is 0 Å². The van der Waals surface area contributed by atoms with Crippen molar-refractivity contribution in [3.05, 3.63) is 170 Å². The van der Waals surface area contributed by atoms with E-state index in [0.717, 1.165) is 44.2 Å². The zero-order valence-corrected chi connectivity index (χ0v) is 31.9. The first-order valence-electron chi connectivity index (χ1n) is 19.3. The van der Waals surface area contributed by atoms with Crippen molar-refractivity contribution < 1.29 is 0 Å². The minimum absolute atomic E-state index is 0.188. The summed E-state index contributed by atoms with van der Waals surface area (Å²) in [7, 11) is 31.2. The van der Waals surface area contributed by atoms with E-state index in [4.69, 9.17) is 54.2 Å². The largest absolute Gasteiger partial charge is 0.208 e. The van der Waals surface area contributed by atoms with E-state index in [-0.39, 0.29) is 16.4 Å². The first kappa shape index (κ1) is 36.4. The van der Waals surface area contributed by atoms with E-state index in [9.17, 15) is 0 Å². The van der Waals surface area contributed by atoms with Gasteiger partial charge < -0.3 is 0 Å². The highest BCUT2D eigenvalue weighted by molar-refractivity contribution is 6.68. The molecule has 3 nitrogen and oxygen atoms in total. The van der Waals surface area contributed by atoms with Crippen LogP contribution in [0.1, 0.15) is 0 Å². The Bertz CT molecular complexity index is 3260. The quantitative estimate of drug-likeness (QED) is 0.168. The van der Waals surface area contributed by atoms with Gasteiger partial charge in [0.25, 0.3) is 0 Å². The molecule has 1 aromatic heterocycles. The van der Waals surface area contributed by atoms with Gasteiger partial charge in [-0.05, 0) is 90.0 Å². The van der Waals surface area contributed by atoms with Gasteiger partial charge in [-0.1, -0.05) is 157 Å². The number of hydrogen-bond acceptors (Lipinski definition) is 3. The molecule has 0 aliphatic carbocycles. The molecule has 0 atom stereocenters. The number of benzene rings is 9. The van der Waals surface area contributed by atoms with Crippen LogP contribution in [0.3, 0.4) is 0 Å². The molecule has 0 amide bonds. The van der Waals surface area contributed by atoms with Crippen LogP contribution in [-0.2, 0) is 0 Å². The second-order valence-corrected chi connectivity index (χ2v) is 14.7. The van der Waals surface area contributed by atoms with E-state index in [1.807, 2.05) is 60.7 Å². The summed E-state index contributed by atoms with van der Waals surface area (Å²) < 4.78 is 0. The molecule has 10 aromatic rings. The Kier molecular flexibility index (Phi) is 9.14. The Morgan fingerprint density at radius 2 is 0.712 bits per heavy atom. The third-order valence-corrected chi connectivity index (χ3v) is 11.2. The molecule has 10 radical (unpaired) electrons. The first-order chi connectivity index (χ1) is 28.8. The van der Waals surface area contributed by atoms with Crippen LogP contribution in [0.15, 0.2) is 170 Å². The fraction of sp³-hybridized carbons (Fsp3) is 0. The first-order valence-corrected chi connectivity index (χ1v) is 19.3. The molecule has 0 aliphatic rings. The standard InChI is InChI=1S/C51H28B5N3/c52-44-43(45(53)47(55)48(56)46(44)54)36-21-19-32-26-38(22-20-31(32)25-36)51-58-49(30-10-2-1-3-11-30)57-50(59-51)37-15-6-13-34(28-37)40-18-8-14-33-27-35(23-24-42(33)40)41-17-7-12-29-9-4-5-16-39(29)41/h1-28H. The Labute approximate surface area is 349 Å².